The first-order chi connectivity index (χ1) is 15.7. The van der Waals surface area contributed by atoms with Gasteiger partial charge in [0.15, 0.2) is 5.79 Å². The summed E-state index contributed by atoms with van der Waals surface area (Å²) in [7, 11) is 0. The Labute approximate surface area is 198 Å². The number of aliphatic hydroxyl groups is 2. The molecule has 3 fully saturated rings. The lowest BCUT2D eigenvalue weighted by Gasteiger charge is -2.41. The molecule has 4 atom stereocenters. The van der Waals surface area contributed by atoms with E-state index in [-0.39, 0.29) is 31.0 Å². The molecule has 4 aliphatic rings. The van der Waals surface area contributed by atoms with Gasteiger partial charge in [0, 0.05) is 12.8 Å². The number of fused-ring (bicyclic) bond motifs is 1. The van der Waals surface area contributed by atoms with E-state index in [0.29, 0.717) is 11.5 Å². The summed E-state index contributed by atoms with van der Waals surface area (Å²) >= 11 is 0. The summed E-state index contributed by atoms with van der Waals surface area (Å²) in [5, 5.41) is 21.6. The average Bonchev–Trinajstić information content (AvgIpc) is 3.41. The van der Waals surface area contributed by atoms with Crippen molar-refractivity contribution < 1.29 is 24.5 Å². The van der Waals surface area contributed by atoms with Crippen molar-refractivity contribution >= 4 is 5.97 Å². The highest BCUT2D eigenvalue weighted by Crippen LogP contribution is 2.55. The zero-order valence-electron chi connectivity index (χ0n) is 20.3. The Morgan fingerprint density at radius 1 is 1.27 bits per heavy atom. The summed E-state index contributed by atoms with van der Waals surface area (Å²) in [6.07, 6.45) is 15.5. The maximum absolute atomic E-state index is 12.2. The van der Waals surface area contributed by atoms with E-state index in [1.807, 2.05) is 6.08 Å². The average molecular weight is 457 g/mol. The van der Waals surface area contributed by atoms with Crippen LogP contribution in [0, 0.1) is 11.3 Å². The first-order valence-electron chi connectivity index (χ1n) is 12.8. The first-order valence-corrected chi connectivity index (χ1v) is 12.8. The summed E-state index contributed by atoms with van der Waals surface area (Å²) in [4.78, 5) is 12.2. The molecule has 0 saturated heterocycles. The monoisotopic (exact) mass is 456 g/mol. The van der Waals surface area contributed by atoms with Crippen molar-refractivity contribution in [3.8, 4) is 0 Å². The largest absolute Gasteiger partial charge is 0.461 e. The fraction of sp³-hybridized carbons (Fsp3) is 0.679. The van der Waals surface area contributed by atoms with Crippen molar-refractivity contribution in [2.24, 2.45) is 11.3 Å². The summed E-state index contributed by atoms with van der Waals surface area (Å²) in [6.45, 7) is 8.40. The molecular weight excluding hydrogens is 416 g/mol. The van der Waals surface area contributed by atoms with Gasteiger partial charge in [0.25, 0.3) is 0 Å². The molecule has 0 aromatic rings. The molecule has 4 rings (SSSR count). The maximum atomic E-state index is 12.2. The molecule has 5 nitrogen and oxygen atoms in total. The van der Waals surface area contributed by atoms with Crippen LogP contribution in [-0.2, 0) is 14.3 Å². The van der Waals surface area contributed by atoms with Crippen LogP contribution in [0.15, 0.2) is 47.1 Å². The smallest absolute Gasteiger partial charge is 0.332 e. The Hall–Kier alpha value is -1.69. The van der Waals surface area contributed by atoms with Crippen molar-refractivity contribution in [3.05, 3.63) is 47.1 Å². The van der Waals surface area contributed by atoms with Crippen LogP contribution in [-0.4, -0.2) is 40.8 Å². The Bertz CT molecular complexity index is 862. The van der Waals surface area contributed by atoms with E-state index < -0.39 is 17.9 Å². The Kier molecular flexibility index (Phi) is 7.32. The van der Waals surface area contributed by atoms with Gasteiger partial charge < -0.3 is 19.7 Å². The molecule has 0 aromatic carbocycles. The zero-order valence-corrected chi connectivity index (χ0v) is 20.3. The molecule has 3 saturated carbocycles. The molecule has 2 N–H and O–H groups in total. The quantitative estimate of drug-likeness (QED) is 0.323. The molecule has 0 heterocycles. The number of ether oxygens (including phenoxy) is 2. The van der Waals surface area contributed by atoms with Gasteiger partial charge in [-0.3, -0.25) is 0 Å². The van der Waals surface area contributed by atoms with Crippen LogP contribution in [0.25, 0.3) is 0 Å². The Morgan fingerprint density at radius 2 is 2.03 bits per heavy atom. The normalized spacial score (nSPS) is 37.5. The summed E-state index contributed by atoms with van der Waals surface area (Å²) < 4.78 is 11.0. The van der Waals surface area contributed by atoms with Crippen molar-refractivity contribution in [2.75, 3.05) is 6.61 Å². The van der Waals surface area contributed by atoms with Gasteiger partial charge in [0.1, 0.15) is 12.7 Å². The van der Waals surface area contributed by atoms with Gasteiger partial charge in [-0.1, -0.05) is 49.8 Å². The number of allylic oxidation sites excluding steroid dienone is 5. The van der Waals surface area contributed by atoms with Crippen molar-refractivity contribution in [2.45, 2.75) is 102 Å². The fourth-order valence-electron chi connectivity index (χ4n) is 6.48. The molecule has 5 heteroatoms. The molecule has 0 amide bonds. The van der Waals surface area contributed by atoms with Crippen LogP contribution in [0.2, 0.25) is 0 Å². The summed E-state index contributed by atoms with van der Waals surface area (Å²) in [5.41, 5.74) is 4.67. The summed E-state index contributed by atoms with van der Waals surface area (Å²) in [5.74, 6) is -1.53. The van der Waals surface area contributed by atoms with E-state index in [2.05, 4.69) is 32.6 Å². The number of hydrogen-bond acceptors (Lipinski definition) is 5. The topological polar surface area (TPSA) is 76.0 Å². The van der Waals surface area contributed by atoms with Crippen LogP contribution in [0.4, 0.5) is 0 Å². The van der Waals surface area contributed by atoms with Gasteiger partial charge in [-0.2, -0.15) is 0 Å². The van der Waals surface area contributed by atoms with Crippen LogP contribution in [0.5, 0.6) is 0 Å². The minimum absolute atomic E-state index is 0.000922. The van der Waals surface area contributed by atoms with E-state index in [0.717, 1.165) is 50.5 Å². The van der Waals surface area contributed by atoms with E-state index in [4.69, 9.17) is 9.47 Å². The molecule has 0 radical (unpaired) electrons. The van der Waals surface area contributed by atoms with Crippen molar-refractivity contribution in [3.63, 3.8) is 0 Å². The van der Waals surface area contributed by atoms with E-state index >= 15 is 0 Å². The van der Waals surface area contributed by atoms with Crippen LogP contribution >= 0.6 is 0 Å². The zero-order chi connectivity index (χ0) is 23.6. The SMILES string of the molecule is C=C1C(=CC=C2CCC[C@]3(C)C(CC)=CC[C@@H]23)C[C@](O)(OCC(=O)OC2CCCC2)C[C@@H]1O. The van der Waals surface area contributed by atoms with Crippen LogP contribution in [0.3, 0.4) is 0 Å². The lowest BCUT2D eigenvalue weighted by atomic mass is 9.64. The minimum Gasteiger partial charge on any atom is -0.461 e. The van der Waals surface area contributed by atoms with Crippen LogP contribution in [0.1, 0.15) is 84.5 Å². The number of esters is 1. The standard InChI is InChI=1S/C28H40O5/c1-4-22-13-14-24-20(8-7-15-27(22,24)3)11-12-21-16-28(31,17-25(29)19(21)2)32-18-26(30)33-23-9-5-6-10-23/h11-13,23-25,29,31H,2,4-10,14-18H2,1,3H3/t24-,25-,27+,28-/m0/s1. The number of aliphatic hydroxyl groups excluding tert-OH is 1. The molecule has 0 unspecified atom stereocenters. The van der Waals surface area contributed by atoms with E-state index in [1.54, 1.807) is 5.57 Å². The number of carbonyl (C=O) groups is 1. The number of carbonyl (C=O) groups excluding carboxylic acids is 1. The molecule has 0 spiro atoms. The molecule has 4 aliphatic carbocycles. The van der Waals surface area contributed by atoms with Gasteiger partial charge in [-0.15, -0.1) is 0 Å². The fourth-order valence-corrected chi connectivity index (χ4v) is 6.48. The second-order valence-corrected chi connectivity index (χ2v) is 10.6. The highest BCUT2D eigenvalue weighted by Gasteiger charge is 2.44. The second kappa shape index (κ2) is 9.89. The summed E-state index contributed by atoms with van der Waals surface area (Å²) in [6, 6.07) is 0. The van der Waals surface area contributed by atoms with E-state index in [9.17, 15) is 15.0 Å². The van der Waals surface area contributed by atoms with Gasteiger partial charge in [0.05, 0.1) is 6.10 Å². The lowest BCUT2D eigenvalue weighted by molar-refractivity contribution is -0.226. The van der Waals surface area contributed by atoms with Gasteiger partial charge >= 0.3 is 5.97 Å². The third-order valence-electron chi connectivity index (χ3n) is 8.44. The van der Waals surface area contributed by atoms with Crippen molar-refractivity contribution in [1.82, 2.24) is 0 Å². The van der Waals surface area contributed by atoms with Gasteiger partial charge in [-0.05, 0) is 80.3 Å². The Morgan fingerprint density at radius 3 is 2.76 bits per heavy atom. The number of rotatable bonds is 6. The second-order valence-electron chi connectivity index (χ2n) is 10.6. The predicted octanol–water partition coefficient (Wildman–Crippen LogP) is 5.29. The lowest BCUT2D eigenvalue weighted by Crippen LogP contribution is -2.43. The van der Waals surface area contributed by atoms with Gasteiger partial charge in [-0.25, -0.2) is 4.79 Å². The first kappa shape index (κ1) is 24.4. The molecule has 0 aromatic heterocycles. The minimum atomic E-state index is -1.61. The third kappa shape index (κ3) is 5.21. The highest BCUT2D eigenvalue weighted by atomic mass is 16.6. The number of hydrogen-bond donors (Lipinski definition) is 2. The van der Waals surface area contributed by atoms with Crippen molar-refractivity contribution in [1.29, 1.82) is 0 Å². The molecule has 33 heavy (non-hydrogen) atoms. The molecular formula is C28H40O5. The molecule has 0 aliphatic heterocycles. The van der Waals surface area contributed by atoms with Gasteiger partial charge in [0.2, 0.25) is 0 Å². The van der Waals surface area contributed by atoms with Crippen LogP contribution < -0.4 is 0 Å². The maximum Gasteiger partial charge on any atom is 0.332 e. The predicted molar refractivity (Wildman–Crippen MR) is 128 cm³/mol. The van der Waals surface area contributed by atoms with E-state index in [1.165, 1.54) is 18.4 Å². The third-order valence-corrected chi connectivity index (χ3v) is 8.44. The molecule has 0 bridgehead atoms. The molecule has 182 valence electrons. The highest BCUT2D eigenvalue weighted by molar-refractivity contribution is 5.71. The Balaban J connectivity index is 1.43.